The number of halogens is 1. The van der Waals surface area contributed by atoms with Gasteiger partial charge < -0.3 is 10.5 Å². The van der Waals surface area contributed by atoms with Gasteiger partial charge in [-0.15, -0.1) is 0 Å². The van der Waals surface area contributed by atoms with Crippen molar-refractivity contribution in [2.24, 2.45) is 5.73 Å². The maximum atomic E-state index is 6.10. The average Bonchev–Trinajstić information content (AvgIpc) is 2.24. The van der Waals surface area contributed by atoms with Crippen LogP contribution in [0.1, 0.15) is 30.4 Å². The highest BCUT2D eigenvalue weighted by atomic mass is 35.5. The van der Waals surface area contributed by atoms with Gasteiger partial charge in [0.05, 0.1) is 7.11 Å². The monoisotopic (exact) mass is 227 g/mol. The maximum absolute atomic E-state index is 6.10. The third-order valence-corrected chi connectivity index (χ3v) is 3.14. The van der Waals surface area contributed by atoms with E-state index in [-0.39, 0.29) is 0 Å². The fourth-order valence-corrected chi connectivity index (χ4v) is 1.85. The van der Waals surface area contributed by atoms with Gasteiger partial charge in [-0.1, -0.05) is 18.5 Å². The van der Waals surface area contributed by atoms with E-state index in [9.17, 15) is 0 Å². The van der Waals surface area contributed by atoms with E-state index in [2.05, 4.69) is 6.92 Å². The summed E-state index contributed by atoms with van der Waals surface area (Å²) in [5, 5.41) is 0.776. The van der Waals surface area contributed by atoms with Crippen molar-refractivity contribution in [2.75, 3.05) is 13.7 Å². The molecule has 3 heteroatoms. The van der Waals surface area contributed by atoms with Gasteiger partial charge in [0.15, 0.2) is 0 Å². The number of aryl methyl sites for hydroxylation is 1. The summed E-state index contributed by atoms with van der Waals surface area (Å²) in [5.74, 6) is 1.20. The van der Waals surface area contributed by atoms with Crippen molar-refractivity contribution in [1.29, 1.82) is 0 Å². The highest BCUT2D eigenvalue weighted by molar-refractivity contribution is 6.31. The Hall–Kier alpha value is -0.730. The molecule has 0 aromatic heterocycles. The molecule has 1 rings (SSSR count). The first kappa shape index (κ1) is 12.3. The minimum Gasteiger partial charge on any atom is -0.496 e. The van der Waals surface area contributed by atoms with E-state index in [0.29, 0.717) is 12.5 Å². The van der Waals surface area contributed by atoms with Crippen LogP contribution in [0.4, 0.5) is 0 Å². The Labute approximate surface area is 96.4 Å². The number of methoxy groups -OCH3 is 1. The topological polar surface area (TPSA) is 35.2 Å². The second kappa shape index (κ2) is 5.38. The summed E-state index contributed by atoms with van der Waals surface area (Å²) in [6, 6.07) is 3.94. The minimum absolute atomic E-state index is 0.318. The molecule has 0 heterocycles. The van der Waals surface area contributed by atoms with Gasteiger partial charge in [0.2, 0.25) is 0 Å². The summed E-state index contributed by atoms with van der Waals surface area (Å²) in [7, 11) is 1.68. The summed E-state index contributed by atoms with van der Waals surface area (Å²) >= 11 is 6.10. The lowest BCUT2D eigenvalue weighted by atomic mass is 9.95. The van der Waals surface area contributed by atoms with E-state index < -0.39 is 0 Å². The lowest BCUT2D eigenvalue weighted by Gasteiger charge is -2.17. The Kier molecular flexibility index (Phi) is 4.43. The van der Waals surface area contributed by atoms with Crippen LogP contribution < -0.4 is 10.5 Å². The SMILES string of the molecule is CCC(CN)c1cc(Cl)c(C)cc1OC. The molecule has 0 saturated carbocycles. The van der Waals surface area contributed by atoms with E-state index in [1.54, 1.807) is 7.11 Å². The van der Waals surface area contributed by atoms with Crippen molar-refractivity contribution < 1.29 is 4.74 Å². The van der Waals surface area contributed by atoms with Crippen LogP contribution in [-0.2, 0) is 0 Å². The van der Waals surface area contributed by atoms with Crippen molar-refractivity contribution in [2.45, 2.75) is 26.2 Å². The molecule has 1 unspecified atom stereocenters. The van der Waals surface area contributed by atoms with E-state index in [1.165, 1.54) is 0 Å². The summed E-state index contributed by atoms with van der Waals surface area (Å²) in [4.78, 5) is 0. The zero-order valence-electron chi connectivity index (χ0n) is 9.51. The Morgan fingerprint density at radius 2 is 2.13 bits per heavy atom. The molecule has 15 heavy (non-hydrogen) atoms. The lowest BCUT2D eigenvalue weighted by Crippen LogP contribution is -2.12. The largest absolute Gasteiger partial charge is 0.496 e. The molecular formula is C12H18ClNO. The molecule has 0 amide bonds. The smallest absolute Gasteiger partial charge is 0.122 e. The molecule has 1 aromatic rings. The first-order chi connectivity index (χ1) is 7.13. The van der Waals surface area contributed by atoms with Gasteiger partial charge in [0.25, 0.3) is 0 Å². The average molecular weight is 228 g/mol. The molecule has 0 bridgehead atoms. The van der Waals surface area contributed by atoms with E-state index >= 15 is 0 Å². The van der Waals surface area contributed by atoms with Crippen LogP contribution in [0.2, 0.25) is 5.02 Å². The van der Waals surface area contributed by atoms with E-state index in [0.717, 1.165) is 28.3 Å². The molecule has 0 spiro atoms. The number of nitrogens with two attached hydrogens (primary N) is 1. The fourth-order valence-electron chi connectivity index (χ4n) is 1.68. The Balaban J connectivity index is 3.20. The van der Waals surface area contributed by atoms with Gasteiger partial charge in [-0.05, 0) is 49.1 Å². The van der Waals surface area contributed by atoms with Crippen LogP contribution in [0.15, 0.2) is 12.1 Å². The quantitative estimate of drug-likeness (QED) is 0.858. The Morgan fingerprint density at radius 3 is 2.60 bits per heavy atom. The van der Waals surface area contributed by atoms with Gasteiger partial charge >= 0.3 is 0 Å². The summed E-state index contributed by atoms with van der Waals surface area (Å²) in [6.07, 6.45) is 0.992. The molecule has 0 aliphatic heterocycles. The molecule has 0 aliphatic carbocycles. The van der Waals surface area contributed by atoms with Crippen molar-refractivity contribution in [3.63, 3.8) is 0 Å². The first-order valence-electron chi connectivity index (χ1n) is 5.18. The molecule has 0 aliphatic rings. The van der Waals surface area contributed by atoms with Gasteiger partial charge in [-0.2, -0.15) is 0 Å². The van der Waals surface area contributed by atoms with Gasteiger partial charge in [-0.3, -0.25) is 0 Å². The second-order valence-corrected chi connectivity index (χ2v) is 4.09. The van der Waals surface area contributed by atoms with E-state index in [1.807, 2.05) is 19.1 Å². The molecule has 1 atom stereocenters. The normalized spacial score (nSPS) is 12.6. The van der Waals surface area contributed by atoms with Crippen LogP contribution in [0.25, 0.3) is 0 Å². The van der Waals surface area contributed by atoms with Gasteiger partial charge in [-0.25, -0.2) is 0 Å². The lowest BCUT2D eigenvalue weighted by molar-refractivity contribution is 0.404. The Bertz CT molecular complexity index is 335. The fraction of sp³-hybridized carbons (Fsp3) is 0.500. The van der Waals surface area contributed by atoms with Crippen molar-refractivity contribution in [1.82, 2.24) is 0 Å². The van der Waals surface area contributed by atoms with Crippen molar-refractivity contribution in [3.8, 4) is 5.75 Å². The summed E-state index contributed by atoms with van der Waals surface area (Å²) in [6.45, 7) is 4.70. The van der Waals surface area contributed by atoms with Crippen molar-refractivity contribution >= 4 is 11.6 Å². The van der Waals surface area contributed by atoms with Crippen molar-refractivity contribution in [3.05, 3.63) is 28.3 Å². The molecule has 0 saturated heterocycles. The van der Waals surface area contributed by atoms with Crippen LogP contribution in [0.5, 0.6) is 5.75 Å². The maximum Gasteiger partial charge on any atom is 0.122 e. The van der Waals surface area contributed by atoms with E-state index in [4.69, 9.17) is 22.1 Å². The summed E-state index contributed by atoms with van der Waals surface area (Å²) in [5.41, 5.74) is 7.87. The third-order valence-electron chi connectivity index (χ3n) is 2.73. The standard InChI is InChI=1S/C12H18ClNO/c1-4-9(7-14)10-6-11(13)8(2)5-12(10)15-3/h5-6,9H,4,7,14H2,1-3H3. The van der Waals surface area contributed by atoms with Crippen LogP contribution in [0.3, 0.4) is 0 Å². The zero-order valence-corrected chi connectivity index (χ0v) is 10.3. The molecule has 2 nitrogen and oxygen atoms in total. The van der Waals surface area contributed by atoms with Gasteiger partial charge in [0, 0.05) is 5.02 Å². The van der Waals surface area contributed by atoms with Crippen LogP contribution in [0, 0.1) is 6.92 Å². The number of rotatable bonds is 4. The van der Waals surface area contributed by atoms with Crippen LogP contribution >= 0.6 is 11.6 Å². The number of hydrogen-bond acceptors (Lipinski definition) is 2. The van der Waals surface area contributed by atoms with Crippen LogP contribution in [-0.4, -0.2) is 13.7 Å². The molecule has 1 aromatic carbocycles. The molecule has 0 fully saturated rings. The highest BCUT2D eigenvalue weighted by Gasteiger charge is 2.14. The molecule has 2 N–H and O–H groups in total. The third kappa shape index (κ3) is 2.64. The molecule has 0 radical (unpaired) electrons. The predicted molar refractivity (Wildman–Crippen MR) is 64.8 cm³/mol. The predicted octanol–water partition coefficient (Wildman–Crippen LogP) is 3.11. The molecular weight excluding hydrogens is 210 g/mol. The second-order valence-electron chi connectivity index (χ2n) is 3.68. The number of benzene rings is 1. The molecule has 84 valence electrons. The van der Waals surface area contributed by atoms with Gasteiger partial charge in [0.1, 0.15) is 5.75 Å². The Morgan fingerprint density at radius 1 is 1.47 bits per heavy atom. The summed E-state index contributed by atoms with van der Waals surface area (Å²) < 4.78 is 5.35. The number of ether oxygens (including phenoxy) is 1. The highest BCUT2D eigenvalue weighted by Crippen LogP contribution is 2.33. The zero-order chi connectivity index (χ0) is 11.4. The minimum atomic E-state index is 0.318. The first-order valence-corrected chi connectivity index (χ1v) is 5.55. The number of hydrogen-bond donors (Lipinski definition) is 1.